The molecule has 5 nitrogen and oxygen atoms in total. The van der Waals surface area contributed by atoms with Crippen LogP contribution in [-0.2, 0) is 19.8 Å². The number of aliphatic hydroxyl groups excluding tert-OH is 1. The summed E-state index contributed by atoms with van der Waals surface area (Å²) >= 11 is 6.72. The molecule has 0 bridgehead atoms. The largest absolute Gasteiger partial charge is 0.488 e. The molecule has 1 aliphatic heterocycles. The highest BCUT2D eigenvalue weighted by atomic mass is 35.5. The smallest absolute Gasteiger partial charge is 0.142 e. The first kappa shape index (κ1) is 26.8. The topological polar surface area (TPSA) is 65.7 Å². The standard InChI is InChI=1S/C33H31ClN2O3/c1-23-27(11-6-12-30(23)26-9-3-2-4-10-26)22-39-33-17-32(38-21-25-8-5-7-24(15-25)18-35)28(16-31(33)34)19-36-14-13-29(37)20-36/h2-12,15-17,29,37H,13-14,19-22H2,1H3. The van der Waals surface area contributed by atoms with Crippen LogP contribution in [0, 0.1) is 18.3 Å². The zero-order chi connectivity index (χ0) is 27.2. The Morgan fingerprint density at radius 2 is 1.72 bits per heavy atom. The number of β-amino-alcohol motifs (C(OH)–C–C–N with tert-alkyl or cyclic N) is 1. The Hall–Kier alpha value is -3.82. The SMILES string of the molecule is Cc1c(COc2cc(OCc3cccc(C#N)c3)c(CN3CCC(O)C3)cc2Cl)cccc1-c1ccccc1. The Labute approximate surface area is 234 Å². The minimum absolute atomic E-state index is 0.309. The van der Waals surface area contributed by atoms with E-state index in [4.69, 9.17) is 21.1 Å². The zero-order valence-electron chi connectivity index (χ0n) is 21.9. The predicted octanol–water partition coefficient (Wildman–Crippen LogP) is 6.91. The molecule has 198 valence electrons. The van der Waals surface area contributed by atoms with Crippen molar-refractivity contribution in [1.82, 2.24) is 4.90 Å². The van der Waals surface area contributed by atoms with E-state index in [0.717, 1.165) is 35.2 Å². The lowest BCUT2D eigenvalue weighted by Crippen LogP contribution is -2.22. The molecule has 0 spiro atoms. The van der Waals surface area contributed by atoms with Gasteiger partial charge in [0.2, 0.25) is 0 Å². The van der Waals surface area contributed by atoms with Crippen LogP contribution in [0.1, 0.15) is 34.2 Å². The van der Waals surface area contributed by atoms with Crippen molar-refractivity contribution < 1.29 is 14.6 Å². The molecule has 1 N–H and O–H groups in total. The molecule has 1 atom stereocenters. The fourth-order valence-electron chi connectivity index (χ4n) is 4.96. The van der Waals surface area contributed by atoms with Gasteiger partial charge in [0.25, 0.3) is 0 Å². The maximum absolute atomic E-state index is 9.99. The summed E-state index contributed by atoms with van der Waals surface area (Å²) in [5.41, 5.74) is 7.02. The van der Waals surface area contributed by atoms with E-state index in [0.29, 0.717) is 48.4 Å². The van der Waals surface area contributed by atoms with Gasteiger partial charge in [-0.05, 0) is 59.4 Å². The number of benzene rings is 4. The molecule has 39 heavy (non-hydrogen) atoms. The van der Waals surface area contributed by atoms with Gasteiger partial charge in [0.05, 0.1) is 22.8 Å². The Morgan fingerprint density at radius 1 is 0.923 bits per heavy atom. The summed E-state index contributed by atoms with van der Waals surface area (Å²) in [5.74, 6) is 1.22. The van der Waals surface area contributed by atoms with E-state index in [2.05, 4.69) is 42.2 Å². The number of halogens is 1. The number of aliphatic hydroxyl groups is 1. The number of nitriles is 1. The fourth-order valence-corrected chi connectivity index (χ4v) is 5.20. The number of nitrogens with zero attached hydrogens (tertiary/aromatic N) is 2. The van der Waals surface area contributed by atoms with Gasteiger partial charge in [0.1, 0.15) is 24.7 Å². The first-order chi connectivity index (χ1) is 19.0. The maximum atomic E-state index is 9.99. The van der Waals surface area contributed by atoms with Crippen LogP contribution in [0.3, 0.4) is 0 Å². The summed E-state index contributed by atoms with van der Waals surface area (Å²) in [7, 11) is 0. The summed E-state index contributed by atoms with van der Waals surface area (Å²) in [5, 5.41) is 19.8. The molecule has 1 saturated heterocycles. The van der Waals surface area contributed by atoms with Gasteiger partial charge in [-0.1, -0.05) is 72.3 Å². The second kappa shape index (κ2) is 12.4. The molecule has 0 radical (unpaired) electrons. The number of rotatable bonds is 9. The third-order valence-corrected chi connectivity index (χ3v) is 7.42. The van der Waals surface area contributed by atoms with E-state index in [1.807, 2.05) is 54.6 Å². The molecular weight excluding hydrogens is 508 g/mol. The molecule has 6 heteroatoms. The van der Waals surface area contributed by atoms with Crippen molar-refractivity contribution in [2.75, 3.05) is 13.1 Å². The van der Waals surface area contributed by atoms with Crippen LogP contribution in [-0.4, -0.2) is 29.2 Å². The molecule has 0 saturated carbocycles. The van der Waals surface area contributed by atoms with Crippen LogP contribution >= 0.6 is 11.6 Å². The Bertz CT molecular complexity index is 1480. The van der Waals surface area contributed by atoms with Crippen LogP contribution in [0.25, 0.3) is 11.1 Å². The van der Waals surface area contributed by atoms with Gasteiger partial charge in [-0.15, -0.1) is 0 Å². The van der Waals surface area contributed by atoms with Crippen LogP contribution < -0.4 is 9.47 Å². The number of hydrogen-bond acceptors (Lipinski definition) is 5. The summed E-state index contributed by atoms with van der Waals surface area (Å²) in [6, 6.07) is 29.9. The van der Waals surface area contributed by atoms with E-state index in [9.17, 15) is 10.4 Å². The molecule has 5 rings (SSSR count). The molecule has 0 amide bonds. The van der Waals surface area contributed by atoms with E-state index < -0.39 is 0 Å². The normalized spacial score (nSPS) is 15.2. The molecule has 1 aliphatic rings. The zero-order valence-corrected chi connectivity index (χ0v) is 22.7. The molecule has 4 aromatic carbocycles. The highest BCUT2D eigenvalue weighted by molar-refractivity contribution is 6.32. The van der Waals surface area contributed by atoms with Crippen LogP contribution in [0.4, 0.5) is 0 Å². The number of ether oxygens (including phenoxy) is 2. The van der Waals surface area contributed by atoms with Gasteiger partial charge < -0.3 is 14.6 Å². The average molecular weight is 539 g/mol. The molecule has 1 heterocycles. The second-order valence-corrected chi connectivity index (χ2v) is 10.3. The van der Waals surface area contributed by atoms with Crippen LogP contribution in [0.15, 0.2) is 84.9 Å². The van der Waals surface area contributed by atoms with Crippen molar-refractivity contribution in [2.45, 2.75) is 39.2 Å². The molecule has 0 aliphatic carbocycles. The van der Waals surface area contributed by atoms with Gasteiger partial charge in [0.15, 0.2) is 0 Å². The predicted molar refractivity (Wildman–Crippen MR) is 154 cm³/mol. The molecule has 1 fully saturated rings. The lowest BCUT2D eigenvalue weighted by molar-refractivity contribution is 0.174. The lowest BCUT2D eigenvalue weighted by Gasteiger charge is -2.20. The van der Waals surface area contributed by atoms with E-state index >= 15 is 0 Å². The number of likely N-dealkylation sites (tertiary alicyclic amines) is 1. The average Bonchev–Trinajstić information content (AvgIpc) is 3.37. The molecule has 1 unspecified atom stereocenters. The minimum Gasteiger partial charge on any atom is -0.488 e. The van der Waals surface area contributed by atoms with Crippen molar-refractivity contribution in [3.8, 4) is 28.7 Å². The van der Waals surface area contributed by atoms with Crippen LogP contribution in [0.5, 0.6) is 11.5 Å². The summed E-state index contributed by atoms with van der Waals surface area (Å²) < 4.78 is 12.5. The first-order valence-corrected chi connectivity index (χ1v) is 13.5. The van der Waals surface area contributed by atoms with E-state index in [-0.39, 0.29) is 6.10 Å². The van der Waals surface area contributed by atoms with Gasteiger partial charge in [0, 0.05) is 31.3 Å². The third-order valence-electron chi connectivity index (χ3n) is 7.12. The highest BCUT2D eigenvalue weighted by Crippen LogP contribution is 2.36. The summed E-state index contributed by atoms with van der Waals surface area (Å²) in [6.45, 7) is 4.84. The first-order valence-electron chi connectivity index (χ1n) is 13.1. The lowest BCUT2D eigenvalue weighted by atomic mass is 9.97. The van der Waals surface area contributed by atoms with Crippen molar-refractivity contribution >= 4 is 11.6 Å². The number of hydrogen-bond donors (Lipinski definition) is 1. The van der Waals surface area contributed by atoms with Gasteiger partial charge in [-0.2, -0.15) is 5.26 Å². The molecule has 0 aromatic heterocycles. The fraction of sp³-hybridized carbons (Fsp3) is 0.242. The van der Waals surface area contributed by atoms with Crippen molar-refractivity contribution in [3.63, 3.8) is 0 Å². The van der Waals surface area contributed by atoms with Gasteiger partial charge in [-0.3, -0.25) is 4.90 Å². The maximum Gasteiger partial charge on any atom is 0.142 e. The quantitative estimate of drug-likeness (QED) is 0.251. The highest BCUT2D eigenvalue weighted by Gasteiger charge is 2.22. The monoisotopic (exact) mass is 538 g/mol. The van der Waals surface area contributed by atoms with Gasteiger partial charge in [-0.25, -0.2) is 0 Å². The summed E-state index contributed by atoms with van der Waals surface area (Å²) in [4.78, 5) is 2.19. The Morgan fingerprint density at radius 3 is 2.49 bits per heavy atom. The third kappa shape index (κ3) is 6.61. The molecular formula is C33H31ClN2O3. The van der Waals surface area contributed by atoms with E-state index in [1.54, 1.807) is 6.07 Å². The van der Waals surface area contributed by atoms with Crippen LogP contribution in [0.2, 0.25) is 5.02 Å². The second-order valence-electron chi connectivity index (χ2n) is 9.91. The van der Waals surface area contributed by atoms with Crippen molar-refractivity contribution in [2.24, 2.45) is 0 Å². The van der Waals surface area contributed by atoms with Gasteiger partial charge >= 0.3 is 0 Å². The van der Waals surface area contributed by atoms with Crippen molar-refractivity contribution in [3.05, 3.63) is 118 Å². The van der Waals surface area contributed by atoms with E-state index in [1.165, 1.54) is 11.1 Å². The Balaban J connectivity index is 1.38. The minimum atomic E-state index is -0.309. The Kier molecular flexibility index (Phi) is 8.48. The van der Waals surface area contributed by atoms with Crippen molar-refractivity contribution in [1.29, 1.82) is 5.26 Å². The summed E-state index contributed by atoms with van der Waals surface area (Å²) in [6.07, 6.45) is 0.448. The molecule has 4 aromatic rings.